The van der Waals surface area contributed by atoms with Crippen molar-refractivity contribution in [2.45, 2.75) is 32.2 Å². The smallest absolute Gasteiger partial charge is 0.338 e. The predicted octanol–water partition coefficient (Wildman–Crippen LogP) is 3.95. The fourth-order valence-electron chi connectivity index (χ4n) is 2.79. The number of fused-ring (bicyclic) bond motifs is 1. The molecule has 4 nitrogen and oxygen atoms in total. The zero-order valence-corrected chi connectivity index (χ0v) is 12.1. The summed E-state index contributed by atoms with van der Waals surface area (Å²) in [6, 6.07) is 9.72. The number of furan rings is 1. The Labute approximate surface area is 124 Å². The summed E-state index contributed by atoms with van der Waals surface area (Å²) in [7, 11) is 0. The second kappa shape index (κ2) is 6.04. The van der Waals surface area contributed by atoms with Crippen LogP contribution in [0.15, 0.2) is 41.0 Å². The van der Waals surface area contributed by atoms with E-state index in [0.717, 1.165) is 30.7 Å². The maximum Gasteiger partial charge on any atom is 0.338 e. The zero-order chi connectivity index (χ0) is 14.7. The summed E-state index contributed by atoms with van der Waals surface area (Å²) >= 11 is 0. The molecule has 0 bridgehead atoms. The highest BCUT2D eigenvalue weighted by Crippen LogP contribution is 2.33. The lowest BCUT2D eigenvalue weighted by atomic mass is 9.93. The highest BCUT2D eigenvalue weighted by atomic mass is 16.5. The molecular formula is C17H19NO3. The van der Waals surface area contributed by atoms with E-state index in [4.69, 9.17) is 9.15 Å². The van der Waals surface area contributed by atoms with Crippen molar-refractivity contribution in [2.75, 3.05) is 11.9 Å². The van der Waals surface area contributed by atoms with Crippen LogP contribution in [0.1, 0.15) is 47.5 Å². The molecular weight excluding hydrogens is 266 g/mol. The van der Waals surface area contributed by atoms with Gasteiger partial charge in [0.1, 0.15) is 5.76 Å². The number of aryl methyl sites for hydroxylation is 1. The third-order valence-electron chi connectivity index (χ3n) is 3.77. The van der Waals surface area contributed by atoms with Crippen LogP contribution >= 0.6 is 0 Å². The van der Waals surface area contributed by atoms with Crippen molar-refractivity contribution in [2.24, 2.45) is 0 Å². The first kappa shape index (κ1) is 13.7. The molecule has 0 spiro atoms. The molecule has 0 saturated carbocycles. The van der Waals surface area contributed by atoms with Gasteiger partial charge in [-0.3, -0.25) is 0 Å². The summed E-state index contributed by atoms with van der Waals surface area (Å²) in [5.74, 6) is 0.786. The van der Waals surface area contributed by atoms with Gasteiger partial charge in [0.15, 0.2) is 0 Å². The van der Waals surface area contributed by atoms with Crippen molar-refractivity contribution in [3.05, 3.63) is 53.5 Å². The van der Waals surface area contributed by atoms with E-state index in [9.17, 15) is 4.79 Å². The number of carbonyl (C=O) groups excluding carboxylic acids is 1. The van der Waals surface area contributed by atoms with E-state index in [-0.39, 0.29) is 12.0 Å². The topological polar surface area (TPSA) is 51.5 Å². The highest BCUT2D eigenvalue weighted by Gasteiger charge is 2.22. The van der Waals surface area contributed by atoms with Crippen LogP contribution in [0.2, 0.25) is 0 Å². The molecule has 1 unspecified atom stereocenters. The molecule has 110 valence electrons. The Morgan fingerprint density at radius 2 is 2.33 bits per heavy atom. The third kappa shape index (κ3) is 2.94. The molecule has 0 radical (unpaired) electrons. The summed E-state index contributed by atoms with van der Waals surface area (Å²) < 4.78 is 10.5. The van der Waals surface area contributed by atoms with E-state index in [2.05, 4.69) is 5.32 Å². The van der Waals surface area contributed by atoms with Gasteiger partial charge in [-0.15, -0.1) is 0 Å². The number of ether oxygens (including phenoxy) is 1. The van der Waals surface area contributed by atoms with E-state index in [1.165, 1.54) is 5.56 Å². The van der Waals surface area contributed by atoms with Crippen molar-refractivity contribution < 1.29 is 13.9 Å². The van der Waals surface area contributed by atoms with Gasteiger partial charge in [0.05, 0.1) is 24.5 Å². The first-order valence-corrected chi connectivity index (χ1v) is 7.38. The van der Waals surface area contributed by atoms with Crippen molar-refractivity contribution >= 4 is 11.7 Å². The van der Waals surface area contributed by atoms with Crippen molar-refractivity contribution in [3.63, 3.8) is 0 Å². The van der Waals surface area contributed by atoms with E-state index in [1.807, 2.05) is 31.2 Å². The van der Waals surface area contributed by atoms with Gasteiger partial charge in [-0.05, 0) is 44.0 Å². The standard InChI is InChI=1S/C17H19NO3/c1-2-20-17(19)12-5-3-6-13(11-12)18-15-7-4-8-16-14(15)9-10-21-16/h3,5-6,9-11,15,18H,2,4,7-8H2,1H3. The fourth-order valence-corrected chi connectivity index (χ4v) is 2.79. The summed E-state index contributed by atoms with van der Waals surface area (Å²) in [5, 5.41) is 3.49. The first-order chi connectivity index (χ1) is 10.3. The molecule has 0 fully saturated rings. The van der Waals surface area contributed by atoms with E-state index in [1.54, 1.807) is 12.3 Å². The lowest BCUT2D eigenvalue weighted by Crippen LogP contribution is -2.16. The molecule has 0 amide bonds. The Balaban J connectivity index is 1.77. The molecule has 1 heterocycles. The minimum absolute atomic E-state index is 0.241. The molecule has 1 aliphatic carbocycles. The van der Waals surface area contributed by atoms with Gasteiger partial charge in [0.25, 0.3) is 0 Å². The normalized spacial score (nSPS) is 17.1. The van der Waals surface area contributed by atoms with Gasteiger partial charge in [0.2, 0.25) is 0 Å². The minimum atomic E-state index is -0.284. The van der Waals surface area contributed by atoms with Crippen molar-refractivity contribution in [1.82, 2.24) is 0 Å². The molecule has 1 N–H and O–H groups in total. The minimum Gasteiger partial charge on any atom is -0.469 e. The molecule has 0 saturated heterocycles. The number of hydrogen-bond acceptors (Lipinski definition) is 4. The first-order valence-electron chi connectivity index (χ1n) is 7.38. The van der Waals surface area contributed by atoms with Crippen LogP contribution < -0.4 is 5.32 Å². The summed E-state index contributed by atoms with van der Waals surface area (Å²) in [4.78, 5) is 11.8. The molecule has 4 heteroatoms. The Bertz CT molecular complexity index is 632. The number of benzene rings is 1. The van der Waals surface area contributed by atoms with E-state index in [0.29, 0.717) is 12.2 Å². The predicted molar refractivity (Wildman–Crippen MR) is 80.4 cm³/mol. The number of carbonyl (C=O) groups is 1. The Morgan fingerprint density at radius 3 is 3.19 bits per heavy atom. The zero-order valence-electron chi connectivity index (χ0n) is 12.1. The SMILES string of the molecule is CCOC(=O)c1cccc(NC2CCCc3occc32)c1. The Morgan fingerprint density at radius 1 is 1.43 bits per heavy atom. The van der Waals surface area contributed by atoms with Gasteiger partial charge in [-0.1, -0.05) is 6.07 Å². The molecule has 2 aromatic rings. The summed E-state index contributed by atoms with van der Waals surface area (Å²) in [6.45, 7) is 2.19. The summed E-state index contributed by atoms with van der Waals surface area (Å²) in [5.41, 5.74) is 2.73. The van der Waals surface area contributed by atoms with Crippen LogP contribution in [-0.4, -0.2) is 12.6 Å². The number of rotatable bonds is 4. The van der Waals surface area contributed by atoms with Gasteiger partial charge >= 0.3 is 5.97 Å². The maximum atomic E-state index is 11.8. The lowest BCUT2D eigenvalue weighted by molar-refractivity contribution is 0.0526. The third-order valence-corrected chi connectivity index (χ3v) is 3.77. The summed E-state index contributed by atoms with van der Waals surface area (Å²) in [6.07, 6.45) is 4.93. The molecule has 1 aliphatic rings. The number of anilines is 1. The monoisotopic (exact) mass is 285 g/mol. The molecule has 3 rings (SSSR count). The van der Waals surface area contributed by atoms with Crippen LogP contribution in [0.4, 0.5) is 5.69 Å². The van der Waals surface area contributed by atoms with E-state index >= 15 is 0 Å². The molecule has 1 aromatic carbocycles. The van der Waals surface area contributed by atoms with Crippen LogP contribution in [0, 0.1) is 0 Å². The van der Waals surface area contributed by atoms with Crippen LogP contribution in [-0.2, 0) is 11.2 Å². The van der Waals surface area contributed by atoms with Gasteiger partial charge in [-0.2, -0.15) is 0 Å². The molecule has 0 aliphatic heterocycles. The number of hydrogen-bond donors (Lipinski definition) is 1. The lowest BCUT2D eigenvalue weighted by Gasteiger charge is -2.24. The van der Waals surface area contributed by atoms with E-state index < -0.39 is 0 Å². The van der Waals surface area contributed by atoms with Crippen LogP contribution in [0.3, 0.4) is 0 Å². The van der Waals surface area contributed by atoms with Crippen molar-refractivity contribution in [1.29, 1.82) is 0 Å². The Kier molecular flexibility index (Phi) is 3.95. The van der Waals surface area contributed by atoms with Gasteiger partial charge < -0.3 is 14.5 Å². The van der Waals surface area contributed by atoms with Crippen LogP contribution in [0.5, 0.6) is 0 Å². The maximum absolute atomic E-state index is 11.8. The van der Waals surface area contributed by atoms with Gasteiger partial charge in [0, 0.05) is 17.7 Å². The number of esters is 1. The average molecular weight is 285 g/mol. The Hall–Kier alpha value is -2.23. The molecule has 1 aromatic heterocycles. The molecule has 1 atom stereocenters. The second-order valence-corrected chi connectivity index (χ2v) is 5.19. The largest absolute Gasteiger partial charge is 0.469 e. The number of nitrogens with one attached hydrogen (secondary N) is 1. The second-order valence-electron chi connectivity index (χ2n) is 5.19. The van der Waals surface area contributed by atoms with Crippen molar-refractivity contribution in [3.8, 4) is 0 Å². The fraction of sp³-hybridized carbons (Fsp3) is 0.353. The molecule has 21 heavy (non-hydrogen) atoms. The van der Waals surface area contributed by atoms with Gasteiger partial charge in [-0.25, -0.2) is 4.79 Å². The quantitative estimate of drug-likeness (QED) is 0.864. The average Bonchev–Trinajstić information content (AvgIpc) is 2.97. The van der Waals surface area contributed by atoms with Crippen LogP contribution in [0.25, 0.3) is 0 Å². The highest BCUT2D eigenvalue weighted by molar-refractivity contribution is 5.90.